The molecule has 1 aromatic rings. The largest absolute Gasteiger partial charge is 0.316 e. The Morgan fingerprint density at radius 1 is 1.24 bits per heavy atom. The molecule has 1 fully saturated rings. The summed E-state index contributed by atoms with van der Waals surface area (Å²) in [6.07, 6.45) is 6.58. The van der Waals surface area contributed by atoms with Crippen molar-refractivity contribution in [3.8, 4) is 0 Å². The van der Waals surface area contributed by atoms with Gasteiger partial charge in [0.05, 0.1) is 15.9 Å². The van der Waals surface area contributed by atoms with Crippen LogP contribution in [0.1, 0.15) is 50.9 Å². The lowest BCUT2D eigenvalue weighted by molar-refractivity contribution is 0.190. The van der Waals surface area contributed by atoms with E-state index in [0.29, 0.717) is 6.04 Å². The molecule has 120 valence electrons. The van der Waals surface area contributed by atoms with E-state index in [1.54, 1.807) is 0 Å². The van der Waals surface area contributed by atoms with Crippen LogP contribution in [0.4, 0.5) is 0 Å². The van der Waals surface area contributed by atoms with Gasteiger partial charge in [-0.15, -0.1) is 0 Å². The molecule has 4 heteroatoms. The molecule has 1 aromatic heterocycles. The van der Waals surface area contributed by atoms with Gasteiger partial charge in [-0.3, -0.25) is 4.68 Å². The number of hydrogen-bond acceptors (Lipinski definition) is 2. The van der Waals surface area contributed by atoms with Gasteiger partial charge in [-0.05, 0) is 73.3 Å². The summed E-state index contributed by atoms with van der Waals surface area (Å²) in [5.41, 5.74) is 2.41. The van der Waals surface area contributed by atoms with Crippen LogP contribution in [-0.4, -0.2) is 22.9 Å². The molecule has 0 saturated heterocycles. The lowest BCUT2D eigenvalue weighted by atomic mass is 9.74. The Morgan fingerprint density at radius 3 is 2.24 bits per heavy atom. The zero-order valence-corrected chi connectivity index (χ0v) is 15.7. The molecule has 3 nitrogen and oxygen atoms in total. The lowest BCUT2D eigenvalue weighted by Crippen LogP contribution is -2.38. The Labute approximate surface area is 138 Å². The first-order chi connectivity index (χ1) is 9.93. The minimum Gasteiger partial charge on any atom is -0.316 e. The monoisotopic (exact) mass is 355 g/mol. The van der Waals surface area contributed by atoms with E-state index in [0.717, 1.165) is 29.9 Å². The molecule has 0 bridgehead atoms. The summed E-state index contributed by atoms with van der Waals surface area (Å²) in [5.74, 6) is 2.57. The van der Waals surface area contributed by atoms with Crippen LogP contribution < -0.4 is 5.32 Å². The molecular formula is C17H30BrN3. The van der Waals surface area contributed by atoms with Crippen LogP contribution in [0.5, 0.6) is 0 Å². The molecule has 1 aliphatic carbocycles. The predicted molar refractivity (Wildman–Crippen MR) is 92.5 cm³/mol. The summed E-state index contributed by atoms with van der Waals surface area (Å²) >= 11 is 3.70. The zero-order valence-electron chi connectivity index (χ0n) is 14.1. The van der Waals surface area contributed by atoms with Crippen LogP contribution in [-0.2, 0) is 13.5 Å². The van der Waals surface area contributed by atoms with E-state index >= 15 is 0 Å². The van der Waals surface area contributed by atoms with Crippen molar-refractivity contribution >= 4 is 15.9 Å². The van der Waals surface area contributed by atoms with Crippen molar-refractivity contribution in [2.75, 3.05) is 7.05 Å². The molecule has 0 amide bonds. The van der Waals surface area contributed by atoms with Gasteiger partial charge in [-0.1, -0.05) is 13.8 Å². The second-order valence-electron chi connectivity index (χ2n) is 6.99. The summed E-state index contributed by atoms with van der Waals surface area (Å²) in [5, 5.41) is 8.09. The molecule has 0 aromatic carbocycles. The van der Waals surface area contributed by atoms with Crippen molar-refractivity contribution in [3.63, 3.8) is 0 Å². The summed E-state index contributed by atoms with van der Waals surface area (Å²) in [6, 6.07) is 0.559. The van der Waals surface area contributed by atoms with Crippen LogP contribution in [0, 0.1) is 24.7 Å². The summed E-state index contributed by atoms with van der Waals surface area (Å²) < 4.78 is 3.21. The maximum absolute atomic E-state index is 4.52. The molecule has 1 heterocycles. The number of rotatable bonds is 5. The lowest BCUT2D eigenvalue weighted by Gasteiger charge is -2.35. The van der Waals surface area contributed by atoms with Gasteiger partial charge in [0.1, 0.15) is 0 Å². The Balaban J connectivity index is 2.01. The first kappa shape index (κ1) is 17.0. The van der Waals surface area contributed by atoms with Crippen molar-refractivity contribution in [1.29, 1.82) is 0 Å². The average Bonchev–Trinajstić information content (AvgIpc) is 2.70. The molecule has 1 saturated carbocycles. The van der Waals surface area contributed by atoms with Crippen molar-refractivity contribution in [2.45, 2.75) is 58.9 Å². The number of aromatic nitrogens is 2. The summed E-state index contributed by atoms with van der Waals surface area (Å²) in [6.45, 7) is 6.81. The zero-order chi connectivity index (χ0) is 15.6. The fraction of sp³-hybridized carbons (Fsp3) is 0.824. The highest BCUT2D eigenvalue weighted by atomic mass is 79.9. The normalized spacial score (nSPS) is 24.5. The Bertz CT molecular complexity index is 459. The molecule has 1 N–H and O–H groups in total. The van der Waals surface area contributed by atoms with Gasteiger partial charge in [-0.2, -0.15) is 5.10 Å². The fourth-order valence-electron chi connectivity index (χ4n) is 3.83. The van der Waals surface area contributed by atoms with E-state index < -0.39 is 0 Å². The average molecular weight is 356 g/mol. The number of hydrogen-bond donors (Lipinski definition) is 1. The third-order valence-electron chi connectivity index (χ3n) is 5.37. The molecule has 1 aliphatic rings. The predicted octanol–water partition coefficient (Wildman–Crippen LogP) is 4.08. The standard InChI is InChI=1S/C17H30BrN3/c1-11(2)13-6-8-14(9-7-13)15(19-4)10-16-17(18)12(3)20-21(16)5/h11,13-15,19H,6-10H2,1-5H3. The van der Waals surface area contributed by atoms with Gasteiger partial charge >= 0.3 is 0 Å². The SMILES string of the molecule is CNC(Cc1c(Br)c(C)nn1C)C1CCC(C(C)C)CC1. The second-order valence-corrected chi connectivity index (χ2v) is 7.78. The number of aryl methyl sites for hydroxylation is 2. The molecule has 2 rings (SSSR count). The maximum Gasteiger partial charge on any atom is 0.0738 e. The van der Waals surface area contributed by atoms with Crippen LogP contribution in [0.15, 0.2) is 4.47 Å². The van der Waals surface area contributed by atoms with Crippen LogP contribution in [0.25, 0.3) is 0 Å². The smallest absolute Gasteiger partial charge is 0.0738 e. The number of halogens is 1. The van der Waals surface area contributed by atoms with Crippen molar-refractivity contribution < 1.29 is 0 Å². The van der Waals surface area contributed by atoms with Gasteiger partial charge in [0, 0.05) is 19.5 Å². The van der Waals surface area contributed by atoms with E-state index in [9.17, 15) is 0 Å². The highest BCUT2D eigenvalue weighted by Gasteiger charge is 2.29. The van der Waals surface area contributed by atoms with Gasteiger partial charge in [0.2, 0.25) is 0 Å². The quantitative estimate of drug-likeness (QED) is 0.861. The fourth-order valence-corrected chi connectivity index (χ4v) is 4.33. The van der Waals surface area contributed by atoms with Crippen molar-refractivity contribution in [1.82, 2.24) is 15.1 Å². The number of nitrogens with one attached hydrogen (secondary N) is 1. The minimum atomic E-state index is 0.559. The van der Waals surface area contributed by atoms with Crippen LogP contribution >= 0.6 is 15.9 Å². The highest BCUT2D eigenvalue weighted by molar-refractivity contribution is 9.10. The molecule has 0 spiro atoms. The molecule has 1 atom stereocenters. The van der Waals surface area contributed by atoms with Gasteiger partial charge < -0.3 is 5.32 Å². The first-order valence-corrected chi connectivity index (χ1v) is 9.08. The first-order valence-electron chi connectivity index (χ1n) is 8.29. The molecule has 21 heavy (non-hydrogen) atoms. The van der Waals surface area contributed by atoms with Crippen molar-refractivity contribution in [2.24, 2.45) is 24.8 Å². The molecule has 0 aliphatic heterocycles. The Kier molecular flexibility index (Phi) is 5.89. The van der Waals surface area contributed by atoms with E-state index in [-0.39, 0.29) is 0 Å². The summed E-state index contributed by atoms with van der Waals surface area (Å²) in [4.78, 5) is 0. The Hall–Kier alpha value is -0.350. The minimum absolute atomic E-state index is 0.559. The molecular weight excluding hydrogens is 326 g/mol. The molecule has 1 unspecified atom stereocenters. The third-order valence-corrected chi connectivity index (χ3v) is 6.41. The van der Waals surface area contributed by atoms with Crippen LogP contribution in [0.3, 0.4) is 0 Å². The third kappa shape index (κ3) is 3.89. The molecule has 0 radical (unpaired) electrons. The second kappa shape index (κ2) is 7.28. The van der Waals surface area contributed by atoms with Crippen LogP contribution in [0.2, 0.25) is 0 Å². The van der Waals surface area contributed by atoms with E-state index in [4.69, 9.17) is 0 Å². The number of likely N-dealkylation sites (N-methyl/N-ethyl adjacent to an activating group) is 1. The summed E-state index contributed by atoms with van der Waals surface area (Å²) in [7, 11) is 4.16. The maximum atomic E-state index is 4.52. The van der Waals surface area contributed by atoms with E-state index in [1.165, 1.54) is 35.8 Å². The Morgan fingerprint density at radius 2 is 1.81 bits per heavy atom. The highest BCUT2D eigenvalue weighted by Crippen LogP contribution is 2.36. The van der Waals surface area contributed by atoms with Gasteiger partial charge in [0.15, 0.2) is 0 Å². The topological polar surface area (TPSA) is 29.9 Å². The van der Waals surface area contributed by atoms with Gasteiger partial charge in [-0.25, -0.2) is 0 Å². The van der Waals surface area contributed by atoms with Crippen molar-refractivity contribution in [3.05, 3.63) is 15.9 Å². The van der Waals surface area contributed by atoms with Gasteiger partial charge in [0.25, 0.3) is 0 Å². The number of nitrogens with zero attached hydrogens (tertiary/aromatic N) is 2. The van der Waals surface area contributed by atoms with E-state index in [2.05, 4.69) is 61.2 Å². The van der Waals surface area contributed by atoms with E-state index in [1.807, 2.05) is 4.68 Å².